The van der Waals surface area contributed by atoms with E-state index in [1.54, 1.807) is 7.05 Å². The highest BCUT2D eigenvalue weighted by molar-refractivity contribution is 9.10. The van der Waals surface area contributed by atoms with Crippen LogP contribution in [0.5, 0.6) is 0 Å². The Kier molecular flexibility index (Phi) is 3.17. The van der Waals surface area contributed by atoms with E-state index in [9.17, 15) is 9.59 Å². The molecule has 17 heavy (non-hydrogen) atoms. The second kappa shape index (κ2) is 4.46. The van der Waals surface area contributed by atoms with Crippen LogP contribution in [0.3, 0.4) is 0 Å². The molecule has 0 fully saturated rings. The summed E-state index contributed by atoms with van der Waals surface area (Å²) in [5, 5.41) is 10.8. The minimum atomic E-state index is -1.10. The largest absolute Gasteiger partial charge is 0.478 e. The maximum absolute atomic E-state index is 11.6. The topological polar surface area (TPSA) is 59.3 Å². The van der Waals surface area contributed by atoms with Crippen LogP contribution < -0.4 is 5.56 Å². The van der Waals surface area contributed by atoms with Crippen LogP contribution in [-0.2, 0) is 7.05 Å². The first-order valence-corrected chi connectivity index (χ1v) is 6.35. The number of hydrogen-bond donors (Lipinski definition) is 1. The first-order valence-electron chi connectivity index (χ1n) is 4.68. The molecule has 0 unspecified atom stereocenters. The van der Waals surface area contributed by atoms with Gasteiger partial charge in [0.15, 0.2) is 0 Å². The van der Waals surface area contributed by atoms with E-state index in [4.69, 9.17) is 5.11 Å². The molecule has 0 aliphatic carbocycles. The number of aromatic carboxylic acids is 1. The average Bonchev–Trinajstić information content (AvgIpc) is 2.68. The van der Waals surface area contributed by atoms with Gasteiger partial charge < -0.3 is 9.67 Å². The highest BCUT2D eigenvalue weighted by Crippen LogP contribution is 2.29. The number of aromatic nitrogens is 1. The molecule has 0 amide bonds. The van der Waals surface area contributed by atoms with Crippen molar-refractivity contribution in [2.45, 2.75) is 0 Å². The number of carboxylic acid groups (broad SMARTS) is 1. The van der Waals surface area contributed by atoms with Crippen molar-refractivity contribution in [1.29, 1.82) is 0 Å². The monoisotopic (exact) mass is 313 g/mol. The Balaban J connectivity index is 2.68. The lowest BCUT2D eigenvalue weighted by Crippen LogP contribution is -2.19. The van der Waals surface area contributed by atoms with Crippen molar-refractivity contribution in [2.75, 3.05) is 0 Å². The second-order valence-electron chi connectivity index (χ2n) is 3.46. The average molecular weight is 314 g/mol. The van der Waals surface area contributed by atoms with Gasteiger partial charge in [-0.25, -0.2) is 4.79 Å². The molecule has 0 radical (unpaired) electrons. The molecule has 0 aliphatic rings. The third-order valence-electron chi connectivity index (χ3n) is 2.33. The van der Waals surface area contributed by atoms with Crippen molar-refractivity contribution in [2.24, 2.45) is 7.05 Å². The van der Waals surface area contributed by atoms with E-state index < -0.39 is 5.97 Å². The van der Waals surface area contributed by atoms with Crippen LogP contribution in [0.1, 0.15) is 10.4 Å². The lowest BCUT2D eigenvalue weighted by Gasteiger charge is -2.06. The van der Waals surface area contributed by atoms with Crippen LogP contribution in [0.2, 0.25) is 0 Å². The van der Waals surface area contributed by atoms with Crippen LogP contribution in [-0.4, -0.2) is 15.6 Å². The van der Waals surface area contributed by atoms with Crippen molar-refractivity contribution in [3.8, 4) is 10.6 Å². The molecule has 0 aliphatic heterocycles. The minimum absolute atomic E-state index is 0.00706. The highest BCUT2D eigenvalue weighted by atomic mass is 79.9. The summed E-state index contributed by atoms with van der Waals surface area (Å²) in [4.78, 5) is 23.4. The first-order chi connectivity index (χ1) is 7.99. The molecule has 6 heteroatoms. The predicted molar refractivity (Wildman–Crippen MR) is 69.7 cm³/mol. The molecule has 0 bridgehead atoms. The van der Waals surface area contributed by atoms with Crippen LogP contribution in [0.25, 0.3) is 10.6 Å². The quantitative estimate of drug-likeness (QED) is 0.927. The van der Waals surface area contributed by atoms with Crippen molar-refractivity contribution < 1.29 is 9.90 Å². The van der Waals surface area contributed by atoms with Gasteiger partial charge in [0, 0.05) is 23.0 Å². The van der Waals surface area contributed by atoms with Crippen LogP contribution in [0, 0.1) is 0 Å². The lowest BCUT2D eigenvalue weighted by atomic mass is 10.2. The van der Waals surface area contributed by atoms with E-state index in [1.807, 2.05) is 11.4 Å². The van der Waals surface area contributed by atoms with Gasteiger partial charge in [-0.2, -0.15) is 0 Å². The Labute approximate surface area is 109 Å². The molecular formula is C11H8BrNO3S. The summed E-state index contributed by atoms with van der Waals surface area (Å²) >= 11 is 4.77. The molecule has 0 aromatic carbocycles. The summed E-state index contributed by atoms with van der Waals surface area (Å²) in [5.41, 5.74) is 0.280. The summed E-state index contributed by atoms with van der Waals surface area (Å²) in [6, 6.07) is 4.47. The van der Waals surface area contributed by atoms with E-state index in [2.05, 4.69) is 15.9 Å². The molecule has 4 nitrogen and oxygen atoms in total. The number of pyridine rings is 1. The molecular weight excluding hydrogens is 306 g/mol. The number of hydrogen-bond acceptors (Lipinski definition) is 3. The van der Waals surface area contributed by atoms with Crippen molar-refractivity contribution >= 4 is 33.2 Å². The molecule has 0 atom stereocenters. The maximum atomic E-state index is 11.6. The van der Waals surface area contributed by atoms with E-state index in [0.29, 0.717) is 5.69 Å². The van der Waals surface area contributed by atoms with Gasteiger partial charge in [0.2, 0.25) is 0 Å². The van der Waals surface area contributed by atoms with Gasteiger partial charge in [-0.3, -0.25) is 4.79 Å². The van der Waals surface area contributed by atoms with Gasteiger partial charge in [-0.15, -0.1) is 11.3 Å². The van der Waals surface area contributed by atoms with Gasteiger partial charge in [0.05, 0.1) is 16.1 Å². The van der Waals surface area contributed by atoms with Crippen molar-refractivity contribution in [3.63, 3.8) is 0 Å². The Hall–Kier alpha value is -1.40. The standard InChI is InChI=1S/C11H8BrNO3S/c1-13-8(9-4-7(12)5-17-9)2-6(11(15)16)3-10(13)14/h2-5H,1H3,(H,15,16). The number of thiophene rings is 1. The maximum Gasteiger partial charge on any atom is 0.335 e. The zero-order chi connectivity index (χ0) is 12.6. The molecule has 0 saturated carbocycles. The summed E-state index contributed by atoms with van der Waals surface area (Å²) in [7, 11) is 1.62. The third-order valence-corrected chi connectivity index (χ3v) is 4.04. The first kappa shape index (κ1) is 12.1. The fraction of sp³-hybridized carbons (Fsp3) is 0.0909. The van der Waals surface area contributed by atoms with Gasteiger partial charge in [-0.1, -0.05) is 0 Å². The number of rotatable bonds is 2. The SMILES string of the molecule is Cn1c(-c2cc(Br)cs2)cc(C(=O)O)cc1=O. The van der Waals surface area contributed by atoms with Crippen LogP contribution >= 0.6 is 27.3 Å². The fourth-order valence-corrected chi connectivity index (χ4v) is 2.92. The molecule has 2 aromatic rings. The second-order valence-corrected chi connectivity index (χ2v) is 5.29. The normalized spacial score (nSPS) is 10.5. The van der Waals surface area contributed by atoms with Gasteiger partial charge in [0.1, 0.15) is 0 Å². The Morgan fingerprint density at radius 2 is 2.12 bits per heavy atom. The zero-order valence-corrected chi connectivity index (χ0v) is 11.2. The Morgan fingerprint density at radius 1 is 1.41 bits per heavy atom. The molecule has 0 saturated heterocycles. The summed E-state index contributed by atoms with van der Waals surface area (Å²) in [6.07, 6.45) is 0. The van der Waals surface area contributed by atoms with Gasteiger partial charge in [-0.05, 0) is 28.1 Å². The van der Waals surface area contributed by atoms with Crippen molar-refractivity contribution in [1.82, 2.24) is 4.57 Å². The number of carboxylic acids is 1. The van der Waals surface area contributed by atoms with E-state index in [-0.39, 0.29) is 11.1 Å². The predicted octanol–water partition coefficient (Wildman–Crippen LogP) is 2.57. The molecule has 2 rings (SSSR count). The number of carbonyl (C=O) groups is 1. The summed E-state index contributed by atoms with van der Waals surface area (Å²) in [5.74, 6) is -1.10. The Morgan fingerprint density at radius 3 is 2.65 bits per heavy atom. The summed E-state index contributed by atoms with van der Waals surface area (Å²) in [6.45, 7) is 0. The number of nitrogens with zero attached hydrogens (tertiary/aromatic N) is 1. The van der Waals surface area contributed by atoms with Crippen LogP contribution in [0.15, 0.2) is 32.8 Å². The lowest BCUT2D eigenvalue weighted by molar-refractivity contribution is 0.0696. The van der Waals surface area contributed by atoms with Crippen molar-refractivity contribution in [3.05, 3.63) is 44.0 Å². The van der Waals surface area contributed by atoms with Gasteiger partial charge in [0.25, 0.3) is 5.56 Å². The third kappa shape index (κ3) is 2.32. The Bertz CT molecular complexity index is 644. The van der Waals surface area contributed by atoms with Gasteiger partial charge >= 0.3 is 5.97 Å². The zero-order valence-electron chi connectivity index (χ0n) is 8.81. The minimum Gasteiger partial charge on any atom is -0.478 e. The van der Waals surface area contributed by atoms with Crippen LogP contribution in [0.4, 0.5) is 0 Å². The van der Waals surface area contributed by atoms with E-state index in [0.717, 1.165) is 15.4 Å². The smallest absolute Gasteiger partial charge is 0.335 e. The van der Waals surface area contributed by atoms with E-state index >= 15 is 0 Å². The summed E-state index contributed by atoms with van der Waals surface area (Å²) < 4.78 is 2.34. The molecule has 2 heterocycles. The van der Waals surface area contributed by atoms with E-state index in [1.165, 1.54) is 22.0 Å². The molecule has 1 N–H and O–H groups in total. The molecule has 2 aromatic heterocycles. The highest BCUT2D eigenvalue weighted by Gasteiger charge is 2.11. The fourth-order valence-electron chi connectivity index (χ4n) is 1.44. The number of halogens is 1. The molecule has 0 spiro atoms. The molecule has 88 valence electrons.